The van der Waals surface area contributed by atoms with E-state index in [1.54, 1.807) is 24.7 Å². The van der Waals surface area contributed by atoms with Gasteiger partial charge in [0.1, 0.15) is 12.3 Å². The zero-order valence-electron chi connectivity index (χ0n) is 22.7. The van der Waals surface area contributed by atoms with Crippen molar-refractivity contribution in [3.63, 3.8) is 0 Å². The Kier molecular flexibility index (Phi) is 7.57. The summed E-state index contributed by atoms with van der Waals surface area (Å²) in [4.78, 5) is 51.6. The van der Waals surface area contributed by atoms with Crippen LogP contribution >= 0.6 is 0 Å². The Morgan fingerprint density at radius 3 is 2.67 bits per heavy atom. The van der Waals surface area contributed by atoms with Gasteiger partial charge in [-0.15, -0.1) is 5.92 Å². The average Bonchev–Trinajstić information content (AvgIpc) is 3.35. The molecular weight excluding hydrogens is 514 g/mol. The SMILES string of the molecule is CC#CCn1c(N2CCCC(N)C2)nc2c1c(=O)n(Cc1cc(OC)c3ccccc3n1)c(=O)n2CC(=O)OC. The second-order valence-electron chi connectivity index (χ2n) is 9.61. The molecule has 0 saturated carbocycles. The fraction of sp³-hybridized carbons (Fsp3) is 0.393. The van der Waals surface area contributed by atoms with E-state index in [9.17, 15) is 14.4 Å². The van der Waals surface area contributed by atoms with Crippen LogP contribution in [0.4, 0.5) is 5.95 Å². The summed E-state index contributed by atoms with van der Waals surface area (Å²) >= 11 is 0. The maximum absolute atomic E-state index is 14.0. The van der Waals surface area contributed by atoms with Crippen molar-refractivity contribution in [3.8, 4) is 17.6 Å². The van der Waals surface area contributed by atoms with E-state index in [0.29, 0.717) is 36.0 Å². The number of imidazole rings is 1. The van der Waals surface area contributed by atoms with Gasteiger partial charge in [-0.05, 0) is 31.9 Å². The Morgan fingerprint density at radius 1 is 1.15 bits per heavy atom. The maximum Gasteiger partial charge on any atom is 0.333 e. The summed E-state index contributed by atoms with van der Waals surface area (Å²) in [5.74, 6) is 6.27. The number of hydrogen-bond acceptors (Lipinski definition) is 9. The van der Waals surface area contributed by atoms with Gasteiger partial charge in [-0.1, -0.05) is 18.1 Å². The average molecular weight is 546 g/mol. The lowest BCUT2D eigenvalue weighted by Gasteiger charge is -2.31. The molecule has 0 amide bonds. The van der Waals surface area contributed by atoms with Crippen LogP contribution in [0.5, 0.6) is 5.75 Å². The molecule has 12 nitrogen and oxygen atoms in total. The van der Waals surface area contributed by atoms with Crippen molar-refractivity contribution in [2.75, 3.05) is 32.2 Å². The number of ether oxygens (including phenoxy) is 2. The number of para-hydroxylation sites is 1. The van der Waals surface area contributed by atoms with Crippen LogP contribution in [-0.2, 0) is 29.2 Å². The smallest absolute Gasteiger partial charge is 0.333 e. The van der Waals surface area contributed by atoms with Gasteiger partial charge >= 0.3 is 11.7 Å². The van der Waals surface area contributed by atoms with Gasteiger partial charge in [-0.2, -0.15) is 4.98 Å². The molecule has 1 saturated heterocycles. The molecule has 4 aromatic rings. The molecule has 1 aliphatic rings. The molecule has 12 heteroatoms. The van der Waals surface area contributed by atoms with Gasteiger partial charge in [0.05, 0.1) is 38.5 Å². The number of methoxy groups -OCH3 is 2. The first-order valence-corrected chi connectivity index (χ1v) is 13.0. The Labute approximate surface area is 229 Å². The van der Waals surface area contributed by atoms with E-state index in [-0.39, 0.29) is 30.3 Å². The minimum Gasteiger partial charge on any atom is -0.496 e. The van der Waals surface area contributed by atoms with Crippen LogP contribution in [0, 0.1) is 11.8 Å². The first-order valence-electron chi connectivity index (χ1n) is 13.0. The summed E-state index contributed by atoms with van der Waals surface area (Å²) in [6.07, 6.45) is 1.74. The van der Waals surface area contributed by atoms with E-state index in [0.717, 1.165) is 22.8 Å². The predicted octanol–water partition coefficient (Wildman–Crippen LogP) is 1.09. The van der Waals surface area contributed by atoms with Gasteiger partial charge in [-0.3, -0.25) is 28.3 Å². The van der Waals surface area contributed by atoms with Crippen LogP contribution in [0.15, 0.2) is 39.9 Å². The third-order valence-electron chi connectivity index (χ3n) is 7.04. The Morgan fingerprint density at radius 2 is 1.95 bits per heavy atom. The standard InChI is InChI=1S/C28H31N7O5/c1-4-5-13-33-24-25(31-27(33)32-12-8-9-18(29)15-32)34(17-23(36)40-3)28(38)35(26(24)37)16-19-14-22(39-2)20-10-6-7-11-21(20)30-19/h6-7,10-11,14,18H,8-9,12-13,15-17,29H2,1-3H3. The number of benzene rings is 1. The number of hydrogen-bond donors (Lipinski definition) is 1. The molecule has 40 heavy (non-hydrogen) atoms. The first-order chi connectivity index (χ1) is 19.4. The van der Waals surface area contributed by atoms with E-state index in [2.05, 4.69) is 16.8 Å². The molecule has 0 aliphatic carbocycles. The minimum atomic E-state index is -0.704. The number of nitrogens with two attached hydrogens (primary N) is 1. The number of aromatic nitrogens is 5. The molecule has 0 spiro atoms. The molecule has 4 heterocycles. The molecule has 1 aliphatic heterocycles. The molecule has 2 N–H and O–H groups in total. The number of fused-ring (bicyclic) bond motifs is 2. The van der Waals surface area contributed by atoms with Crippen molar-refractivity contribution < 1.29 is 14.3 Å². The molecule has 5 rings (SSSR count). The van der Waals surface area contributed by atoms with Gasteiger partial charge < -0.3 is 20.1 Å². The lowest BCUT2D eigenvalue weighted by atomic mass is 10.1. The van der Waals surface area contributed by atoms with Gasteiger partial charge in [0.15, 0.2) is 11.2 Å². The number of pyridine rings is 1. The number of carbonyl (C=O) groups excluding carboxylic acids is 1. The highest BCUT2D eigenvalue weighted by molar-refractivity contribution is 5.85. The topological polar surface area (TPSA) is 140 Å². The summed E-state index contributed by atoms with van der Waals surface area (Å²) in [5, 5.41) is 0.806. The van der Waals surface area contributed by atoms with Crippen LogP contribution in [0.2, 0.25) is 0 Å². The lowest BCUT2D eigenvalue weighted by Crippen LogP contribution is -2.44. The third kappa shape index (κ3) is 4.91. The van der Waals surface area contributed by atoms with E-state index in [1.807, 2.05) is 29.2 Å². The molecule has 208 valence electrons. The Bertz CT molecular complexity index is 1780. The molecule has 3 aromatic heterocycles. The number of esters is 1. The molecule has 0 bridgehead atoms. The summed E-state index contributed by atoms with van der Waals surface area (Å²) in [6, 6.07) is 9.08. The molecule has 1 unspecified atom stereocenters. The summed E-state index contributed by atoms with van der Waals surface area (Å²) in [5.41, 5.74) is 6.33. The quantitative estimate of drug-likeness (QED) is 0.267. The summed E-state index contributed by atoms with van der Waals surface area (Å²) in [6.45, 7) is 2.54. The van der Waals surface area contributed by atoms with E-state index in [4.69, 9.17) is 20.2 Å². The van der Waals surface area contributed by atoms with Gasteiger partial charge in [0.2, 0.25) is 5.95 Å². The van der Waals surface area contributed by atoms with Crippen molar-refractivity contribution in [1.82, 2.24) is 23.7 Å². The number of anilines is 1. The van der Waals surface area contributed by atoms with Crippen molar-refractivity contribution in [2.24, 2.45) is 5.73 Å². The highest BCUT2D eigenvalue weighted by Gasteiger charge is 2.27. The predicted molar refractivity (Wildman–Crippen MR) is 151 cm³/mol. The number of carbonyl (C=O) groups is 1. The Hall–Kier alpha value is -4.63. The van der Waals surface area contributed by atoms with Crippen molar-refractivity contribution in [3.05, 3.63) is 56.9 Å². The Balaban J connectivity index is 1.75. The lowest BCUT2D eigenvalue weighted by molar-refractivity contribution is -0.141. The van der Waals surface area contributed by atoms with Gasteiger partial charge in [0.25, 0.3) is 5.56 Å². The molecule has 1 aromatic carbocycles. The molecule has 0 radical (unpaired) electrons. The van der Waals surface area contributed by atoms with Crippen LogP contribution in [0.3, 0.4) is 0 Å². The summed E-state index contributed by atoms with van der Waals surface area (Å²) < 4.78 is 14.3. The second-order valence-corrected chi connectivity index (χ2v) is 9.61. The number of piperidine rings is 1. The number of rotatable bonds is 7. The van der Waals surface area contributed by atoms with Crippen LogP contribution in [0.1, 0.15) is 25.5 Å². The minimum absolute atomic E-state index is 0.0536. The second kappa shape index (κ2) is 11.2. The van der Waals surface area contributed by atoms with Gasteiger partial charge in [0, 0.05) is 30.6 Å². The van der Waals surface area contributed by atoms with Gasteiger partial charge in [-0.25, -0.2) is 4.79 Å². The zero-order valence-corrected chi connectivity index (χ0v) is 22.7. The van der Waals surface area contributed by atoms with E-state index in [1.165, 1.54) is 11.7 Å². The monoisotopic (exact) mass is 545 g/mol. The van der Waals surface area contributed by atoms with Crippen LogP contribution in [0.25, 0.3) is 22.1 Å². The van der Waals surface area contributed by atoms with E-state index < -0.39 is 23.8 Å². The fourth-order valence-electron chi connectivity index (χ4n) is 5.10. The highest BCUT2D eigenvalue weighted by Crippen LogP contribution is 2.26. The normalized spacial score (nSPS) is 15.2. The zero-order chi connectivity index (χ0) is 28.4. The highest BCUT2D eigenvalue weighted by atomic mass is 16.5. The molecular formula is C28H31N7O5. The van der Waals surface area contributed by atoms with Crippen molar-refractivity contribution >= 4 is 34.0 Å². The number of nitrogens with zero attached hydrogens (tertiary/aromatic N) is 6. The maximum atomic E-state index is 14.0. The molecule has 1 fully saturated rings. The van der Waals surface area contributed by atoms with Crippen LogP contribution < -0.4 is 26.6 Å². The third-order valence-corrected chi connectivity index (χ3v) is 7.04. The van der Waals surface area contributed by atoms with E-state index >= 15 is 0 Å². The first kappa shape index (κ1) is 27.0. The summed E-state index contributed by atoms with van der Waals surface area (Å²) in [7, 11) is 2.79. The largest absolute Gasteiger partial charge is 0.496 e. The fourth-order valence-corrected chi connectivity index (χ4v) is 5.10. The van der Waals surface area contributed by atoms with Crippen LogP contribution in [-0.4, -0.2) is 63.0 Å². The molecule has 1 atom stereocenters. The van der Waals surface area contributed by atoms with Crippen molar-refractivity contribution in [2.45, 2.75) is 45.4 Å². The van der Waals surface area contributed by atoms with Crippen molar-refractivity contribution in [1.29, 1.82) is 0 Å².